The maximum atomic E-state index is 9.84. The Morgan fingerprint density at radius 1 is 1.25 bits per heavy atom. The maximum Gasteiger partial charge on any atom is 0.0799 e. The summed E-state index contributed by atoms with van der Waals surface area (Å²) >= 11 is 0. The predicted octanol–water partition coefficient (Wildman–Crippen LogP) is 3.23. The maximum absolute atomic E-state index is 9.84. The minimum Gasteiger partial charge on any atom is -0.390 e. The Hall–Kier alpha value is -0.0800. The van der Waals surface area contributed by atoms with Crippen LogP contribution in [0.2, 0.25) is 0 Å². The number of aliphatic hydroxyl groups is 1. The zero-order valence-corrected chi connectivity index (χ0v) is 11.3. The fourth-order valence-electron chi connectivity index (χ4n) is 2.32. The van der Waals surface area contributed by atoms with Gasteiger partial charge in [0.05, 0.1) is 18.8 Å². The van der Waals surface area contributed by atoms with Gasteiger partial charge in [0.1, 0.15) is 0 Å². The van der Waals surface area contributed by atoms with Crippen LogP contribution in [0.1, 0.15) is 53.4 Å². The van der Waals surface area contributed by atoms with Crippen LogP contribution in [0.5, 0.6) is 0 Å². The van der Waals surface area contributed by atoms with Crippen molar-refractivity contribution < 1.29 is 9.84 Å². The molecule has 0 aromatic carbocycles. The zero-order chi connectivity index (χ0) is 12.1. The second-order valence-corrected chi connectivity index (χ2v) is 5.68. The van der Waals surface area contributed by atoms with Gasteiger partial charge in [-0.3, -0.25) is 0 Å². The molecule has 0 amide bonds. The normalized spacial score (nSPS) is 34.7. The van der Waals surface area contributed by atoms with Crippen LogP contribution in [0.15, 0.2) is 0 Å². The average Bonchev–Trinajstić information content (AvgIpc) is 2.29. The van der Waals surface area contributed by atoms with Gasteiger partial charge in [-0.15, -0.1) is 0 Å². The van der Waals surface area contributed by atoms with E-state index >= 15 is 0 Å². The van der Waals surface area contributed by atoms with Gasteiger partial charge in [-0.2, -0.15) is 0 Å². The van der Waals surface area contributed by atoms with Crippen molar-refractivity contribution in [3.63, 3.8) is 0 Å². The number of rotatable bonds is 5. The zero-order valence-electron chi connectivity index (χ0n) is 11.3. The topological polar surface area (TPSA) is 29.5 Å². The molecule has 0 saturated heterocycles. The molecule has 1 N–H and O–H groups in total. The monoisotopic (exact) mass is 228 g/mol. The molecule has 96 valence electrons. The van der Waals surface area contributed by atoms with E-state index in [1.165, 1.54) is 12.8 Å². The van der Waals surface area contributed by atoms with Crippen molar-refractivity contribution in [2.24, 2.45) is 17.8 Å². The van der Waals surface area contributed by atoms with Crippen molar-refractivity contribution in [2.45, 2.75) is 65.6 Å². The van der Waals surface area contributed by atoms with Crippen LogP contribution in [0.4, 0.5) is 0 Å². The van der Waals surface area contributed by atoms with Gasteiger partial charge in [-0.25, -0.2) is 0 Å². The SMILES string of the molecule is CCC(C)C(O)COC1CCC(C)C(C)C1. The second-order valence-electron chi connectivity index (χ2n) is 5.68. The van der Waals surface area contributed by atoms with Crippen molar-refractivity contribution >= 4 is 0 Å². The molecule has 16 heavy (non-hydrogen) atoms. The number of hydrogen-bond donors (Lipinski definition) is 1. The molecule has 2 nitrogen and oxygen atoms in total. The molecule has 0 aromatic rings. The van der Waals surface area contributed by atoms with Gasteiger partial charge in [0.2, 0.25) is 0 Å². The van der Waals surface area contributed by atoms with Gasteiger partial charge in [-0.1, -0.05) is 34.1 Å². The van der Waals surface area contributed by atoms with E-state index in [0.29, 0.717) is 18.6 Å². The Balaban J connectivity index is 2.23. The molecule has 2 heteroatoms. The molecule has 1 aliphatic carbocycles. The predicted molar refractivity (Wildman–Crippen MR) is 67.4 cm³/mol. The van der Waals surface area contributed by atoms with Crippen molar-refractivity contribution in [3.05, 3.63) is 0 Å². The van der Waals surface area contributed by atoms with Gasteiger partial charge >= 0.3 is 0 Å². The molecule has 5 atom stereocenters. The summed E-state index contributed by atoms with van der Waals surface area (Å²) in [6, 6.07) is 0. The molecular formula is C14H28O2. The van der Waals surface area contributed by atoms with Crippen molar-refractivity contribution in [3.8, 4) is 0 Å². The summed E-state index contributed by atoms with van der Waals surface area (Å²) < 4.78 is 5.84. The molecule has 1 saturated carbocycles. The van der Waals surface area contributed by atoms with Crippen LogP contribution >= 0.6 is 0 Å². The Morgan fingerprint density at radius 2 is 1.94 bits per heavy atom. The minimum absolute atomic E-state index is 0.292. The standard InChI is InChI=1S/C14H28O2/c1-5-10(2)14(15)9-16-13-7-6-11(3)12(4)8-13/h10-15H,5-9H2,1-4H3. The van der Waals surface area contributed by atoms with Gasteiger partial charge < -0.3 is 9.84 Å². The molecule has 0 aliphatic heterocycles. The molecule has 1 rings (SSSR count). The summed E-state index contributed by atoms with van der Waals surface area (Å²) in [6.07, 6.45) is 4.70. The Kier molecular flexibility index (Phi) is 5.77. The van der Waals surface area contributed by atoms with Crippen LogP contribution in [0, 0.1) is 17.8 Å². The molecule has 1 aliphatic rings. The summed E-state index contributed by atoms with van der Waals surface area (Å²) in [6.45, 7) is 9.35. The molecule has 0 aromatic heterocycles. The summed E-state index contributed by atoms with van der Waals surface area (Å²) in [5.41, 5.74) is 0. The van der Waals surface area contributed by atoms with E-state index in [4.69, 9.17) is 4.74 Å². The van der Waals surface area contributed by atoms with Gasteiger partial charge in [0.15, 0.2) is 0 Å². The lowest BCUT2D eigenvalue weighted by Gasteiger charge is -2.32. The fraction of sp³-hybridized carbons (Fsp3) is 1.00. The Morgan fingerprint density at radius 3 is 2.50 bits per heavy atom. The molecule has 1 fully saturated rings. The van der Waals surface area contributed by atoms with E-state index in [-0.39, 0.29) is 6.10 Å². The first-order chi connectivity index (χ1) is 7.54. The first-order valence-corrected chi connectivity index (χ1v) is 6.84. The van der Waals surface area contributed by atoms with E-state index in [1.807, 2.05) is 0 Å². The molecule has 0 spiro atoms. The number of hydrogen-bond acceptors (Lipinski definition) is 2. The lowest BCUT2D eigenvalue weighted by Crippen LogP contribution is -2.31. The first kappa shape index (κ1) is 14.0. The molecule has 0 bridgehead atoms. The highest BCUT2D eigenvalue weighted by molar-refractivity contribution is 4.76. The third-order valence-corrected chi connectivity index (χ3v) is 4.35. The van der Waals surface area contributed by atoms with Gasteiger partial charge in [-0.05, 0) is 37.0 Å². The molecule has 0 heterocycles. The highest BCUT2D eigenvalue weighted by atomic mass is 16.5. The van der Waals surface area contributed by atoms with Gasteiger partial charge in [0.25, 0.3) is 0 Å². The lowest BCUT2D eigenvalue weighted by atomic mass is 9.80. The summed E-state index contributed by atoms with van der Waals surface area (Å²) in [4.78, 5) is 0. The number of ether oxygens (including phenoxy) is 1. The number of aliphatic hydroxyl groups excluding tert-OH is 1. The summed E-state index contributed by atoms with van der Waals surface area (Å²) in [5.74, 6) is 1.94. The van der Waals surface area contributed by atoms with E-state index in [2.05, 4.69) is 27.7 Å². The third-order valence-electron chi connectivity index (χ3n) is 4.35. The van der Waals surface area contributed by atoms with Crippen LogP contribution in [0.3, 0.4) is 0 Å². The van der Waals surface area contributed by atoms with Crippen molar-refractivity contribution in [1.29, 1.82) is 0 Å². The summed E-state index contributed by atoms with van der Waals surface area (Å²) in [5, 5.41) is 9.84. The fourth-order valence-corrected chi connectivity index (χ4v) is 2.32. The van der Waals surface area contributed by atoms with E-state index < -0.39 is 0 Å². The lowest BCUT2D eigenvalue weighted by molar-refractivity contribution is -0.0527. The highest BCUT2D eigenvalue weighted by Crippen LogP contribution is 2.31. The first-order valence-electron chi connectivity index (χ1n) is 6.84. The average molecular weight is 228 g/mol. The molecule has 5 unspecified atom stereocenters. The second kappa shape index (κ2) is 6.61. The Labute approximate surface area is 100 Å². The molecule has 0 radical (unpaired) electrons. The smallest absolute Gasteiger partial charge is 0.0799 e. The highest BCUT2D eigenvalue weighted by Gasteiger charge is 2.25. The quantitative estimate of drug-likeness (QED) is 0.783. The van der Waals surface area contributed by atoms with Crippen molar-refractivity contribution in [1.82, 2.24) is 0 Å². The minimum atomic E-state index is -0.292. The third kappa shape index (κ3) is 4.06. The van der Waals surface area contributed by atoms with E-state index in [0.717, 1.165) is 24.7 Å². The Bertz CT molecular complexity index is 193. The van der Waals surface area contributed by atoms with Gasteiger partial charge in [0, 0.05) is 0 Å². The van der Waals surface area contributed by atoms with Crippen molar-refractivity contribution in [2.75, 3.05) is 6.61 Å². The van der Waals surface area contributed by atoms with Crippen LogP contribution in [-0.2, 0) is 4.74 Å². The van der Waals surface area contributed by atoms with E-state index in [9.17, 15) is 5.11 Å². The van der Waals surface area contributed by atoms with Crippen LogP contribution < -0.4 is 0 Å². The van der Waals surface area contributed by atoms with Crippen LogP contribution in [-0.4, -0.2) is 23.9 Å². The largest absolute Gasteiger partial charge is 0.390 e. The summed E-state index contributed by atoms with van der Waals surface area (Å²) in [7, 11) is 0. The molecular weight excluding hydrogens is 200 g/mol. The van der Waals surface area contributed by atoms with Crippen LogP contribution in [0.25, 0.3) is 0 Å². The van der Waals surface area contributed by atoms with E-state index in [1.54, 1.807) is 0 Å².